The second-order valence-electron chi connectivity index (χ2n) is 34.5. The molecule has 0 radical (unpaired) electrons. The quantitative estimate of drug-likeness (QED) is 0.0139. The number of carbonyl (C=O) groups is 17. The molecule has 45 nitrogen and oxygen atoms in total. The van der Waals surface area contributed by atoms with Crippen molar-refractivity contribution in [3.05, 3.63) is 120 Å². The third kappa shape index (κ3) is 29.4. The summed E-state index contributed by atoms with van der Waals surface area (Å²) in [5.41, 5.74) is 19.7. The molecule has 3 aliphatic rings. The molecule has 0 saturated carbocycles. The number of unbranched alkanes of at least 4 members (excludes halogenated alkanes) is 1. The fourth-order valence-corrected chi connectivity index (χ4v) is 17.3. The van der Waals surface area contributed by atoms with Gasteiger partial charge >= 0.3 is 0 Å². The highest BCUT2D eigenvalue weighted by atomic mass is 32.2. The number of primary amides is 2. The number of aromatic amines is 3. The van der Waals surface area contributed by atoms with Crippen LogP contribution in [0.2, 0.25) is 0 Å². The Morgan fingerprint density at radius 1 is 0.581 bits per heavy atom. The van der Waals surface area contributed by atoms with Crippen LogP contribution in [0.15, 0.2) is 97.7 Å². The maximum absolute atomic E-state index is 15.7. The first-order valence-electron chi connectivity index (χ1n) is 45.1. The van der Waals surface area contributed by atoms with Crippen molar-refractivity contribution < 1.29 is 102 Å². The second-order valence-corrected chi connectivity index (χ2v) is 35.5. The van der Waals surface area contributed by atoms with Crippen molar-refractivity contribution in [1.82, 2.24) is 103 Å². The number of rotatable bonds is 26. The standard InChI is InChI=1S/C90H126N24O21S/c1-9-11-23-70-89(134)112(8)72(44-135-10-2)84(129)102-60(22-16-29-96-90(93)94)78(123)109-68(77(122)99-41-74(92)119)45-136-46-75(120)101-64(32-50-25-27-54(116)28-26-50)85(130)110(6)49(5)76(121)105-66(37-73(91)118)87(132)113-30-17-24-69(113)82(127)104-62(35-53-40-95-47-100-53)80(125)106-63(31-48(3)4)88(133)114-42-55(117)36-71(114)83(128)103-61(33-51-38-97-58-20-14-12-18-56(51)58)79(124)108-67(43-115)81(126)107-65(86(131)111(70)7)34-52-39-98-59-21-15-13-19-57(52)59/h12-15,18-21,25-28,38-40,47-49,55,60-72,97-98,115-117H,9-11,16-17,22-24,29-37,41-46H2,1-8H3,(H2,91,118)(H2,92,119)(H,95,100)(H,99,122)(H,101,120)(H,102,129)(H,103,128)(H,104,127)(H,105,121)(H,106,125)(H,107,126)(H,108,124)(H,109,123)(H4,93,94,96)/t49-,55+,60-,61-,62-,63-,64-,65-,66-,67-,68?,69-,70-,71-,72-/m0/s1. The highest BCUT2D eigenvalue weighted by molar-refractivity contribution is 8.00. The van der Waals surface area contributed by atoms with Crippen LogP contribution < -0.4 is 75.7 Å². The summed E-state index contributed by atoms with van der Waals surface area (Å²) in [5, 5.41) is 70.9. The zero-order chi connectivity index (χ0) is 99.3. The van der Waals surface area contributed by atoms with Gasteiger partial charge in [0.2, 0.25) is 100 Å². The van der Waals surface area contributed by atoms with Crippen LogP contribution >= 0.6 is 11.8 Å². The number of para-hydroxylation sites is 2. The van der Waals surface area contributed by atoms with Crippen molar-refractivity contribution in [1.29, 1.82) is 5.41 Å². The van der Waals surface area contributed by atoms with Crippen LogP contribution in [0, 0.1) is 11.3 Å². The molecule has 0 bridgehead atoms. The zero-order valence-electron chi connectivity index (χ0n) is 77.3. The second kappa shape index (κ2) is 50.5. The number of aliphatic hydroxyl groups is 2. The summed E-state index contributed by atoms with van der Waals surface area (Å²) in [7, 11) is 3.78. The van der Waals surface area contributed by atoms with E-state index in [2.05, 4.69) is 78.4 Å². The van der Waals surface area contributed by atoms with E-state index >= 15 is 38.4 Å². The van der Waals surface area contributed by atoms with Crippen LogP contribution in [0.5, 0.6) is 5.75 Å². The van der Waals surface area contributed by atoms with Gasteiger partial charge in [0.1, 0.15) is 90.3 Å². The highest BCUT2D eigenvalue weighted by Crippen LogP contribution is 2.28. The summed E-state index contributed by atoms with van der Waals surface area (Å²) in [4.78, 5) is 269. The normalized spacial score (nSPS) is 24.7. The van der Waals surface area contributed by atoms with E-state index in [-0.39, 0.29) is 95.6 Å². The lowest BCUT2D eigenvalue weighted by Gasteiger charge is -2.36. The van der Waals surface area contributed by atoms with Crippen molar-refractivity contribution in [3.63, 3.8) is 0 Å². The number of carbonyl (C=O) groups excluding carboxylic acids is 17. The molecule has 24 N–H and O–H groups in total. The van der Waals surface area contributed by atoms with E-state index in [4.69, 9.17) is 27.3 Å². The maximum atomic E-state index is 15.7. The van der Waals surface area contributed by atoms with Crippen LogP contribution in [-0.4, -0.2) is 335 Å². The molecular formula is C90H126N24O21S. The molecule has 9 rings (SSSR count). The molecule has 15 atom stereocenters. The van der Waals surface area contributed by atoms with Gasteiger partial charge in [-0.2, -0.15) is 0 Å². The number of aromatic hydroxyl groups is 1. The number of hydrogen-bond donors (Lipinski definition) is 21. The number of nitrogens with one attached hydrogen (secondary N) is 15. The predicted molar refractivity (Wildman–Crippen MR) is 497 cm³/mol. The topological polar surface area (TPSA) is 671 Å². The Hall–Kier alpha value is -13.8. The number of nitrogens with zero attached hydrogens (tertiary/aromatic N) is 6. The summed E-state index contributed by atoms with van der Waals surface area (Å²) in [5.74, 6) is -18.5. The highest BCUT2D eigenvalue weighted by Gasteiger charge is 2.47. The summed E-state index contributed by atoms with van der Waals surface area (Å²) < 4.78 is 5.83. The van der Waals surface area contributed by atoms with Gasteiger partial charge in [-0.1, -0.05) is 82.1 Å². The molecule has 6 aromatic rings. The average molecular weight is 1910 g/mol. The number of amides is 17. The van der Waals surface area contributed by atoms with Crippen molar-refractivity contribution in [2.24, 2.45) is 23.1 Å². The molecule has 738 valence electrons. The molecule has 6 heterocycles. The molecule has 46 heteroatoms. The Kier molecular flexibility index (Phi) is 39.4. The molecule has 3 aliphatic heterocycles. The minimum atomic E-state index is -1.91. The van der Waals surface area contributed by atoms with Crippen LogP contribution in [0.25, 0.3) is 21.8 Å². The monoisotopic (exact) mass is 1910 g/mol. The lowest BCUT2D eigenvalue weighted by atomic mass is 10.0. The van der Waals surface area contributed by atoms with Gasteiger partial charge in [0.15, 0.2) is 5.96 Å². The Bertz CT molecular complexity index is 5250. The number of nitrogens with two attached hydrogens (primary N) is 3. The number of phenolic OH excluding ortho intramolecular Hbond substituents is 1. The number of H-pyrrole nitrogens is 3. The first-order chi connectivity index (χ1) is 64.8. The van der Waals surface area contributed by atoms with E-state index < -0.39 is 248 Å². The number of thioether (sulfide) groups is 1. The van der Waals surface area contributed by atoms with Gasteiger partial charge in [0.25, 0.3) is 0 Å². The van der Waals surface area contributed by atoms with Crippen molar-refractivity contribution in [2.75, 3.05) is 78.6 Å². The van der Waals surface area contributed by atoms with Gasteiger partial charge in [0.05, 0.1) is 44.4 Å². The van der Waals surface area contributed by atoms with E-state index in [1.807, 2.05) is 6.92 Å². The number of phenols is 1. The van der Waals surface area contributed by atoms with E-state index in [9.17, 15) is 58.5 Å². The van der Waals surface area contributed by atoms with E-state index in [1.165, 1.54) is 64.9 Å². The van der Waals surface area contributed by atoms with Crippen LogP contribution in [-0.2, 0) is 112 Å². The lowest BCUT2D eigenvalue weighted by molar-refractivity contribution is -0.150. The Balaban J connectivity index is 1.10. The number of hydrogen-bond acceptors (Lipinski definition) is 24. The number of fused-ring (bicyclic) bond motifs is 4. The van der Waals surface area contributed by atoms with Gasteiger partial charge < -0.3 is 135 Å². The van der Waals surface area contributed by atoms with Crippen molar-refractivity contribution in [2.45, 2.75) is 215 Å². The molecule has 3 aromatic heterocycles. The summed E-state index contributed by atoms with van der Waals surface area (Å²) in [6.07, 6.45) is 2.59. The third-order valence-electron chi connectivity index (χ3n) is 24.0. The molecule has 0 aliphatic carbocycles. The molecule has 1 unspecified atom stereocenters. The number of ether oxygens (including phenoxy) is 1. The first-order valence-corrected chi connectivity index (χ1v) is 46.3. The summed E-state index contributed by atoms with van der Waals surface area (Å²) in [6.45, 7) is 5.15. The third-order valence-corrected chi connectivity index (χ3v) is 25.0. The van der Waals surface area contributed by atoms with E-state index in [0.29, 0.717) is 57.0 Å². The predicted octanol–water partition coefficient (Wildman–Crippen LogP) is -4.08. The first kappa shape index (κ1) is 106. The number of aromatic nitrogens is 4. The summed E-state index contributed by atoms with van der Waals surface area (Å²) >= 11 is 0.743. The molecule has 136 heavy (non-hydrogen) atoms. The Labute approximate surface area is 788 Å². The van der Waals surface area contributed by atoms with Crippen LogP contribution in [0.4, 0.5) is 0 Å². The van der Waals surface area contributed by atoms with Gasteiger partial charge in [-0.3, -0.25) is 86.9 Å². The van der Waals surface area contributed by atoms with Gasteiger partial charge in [-0.15, -0.1) is 11.8 Å². The largest absolute Gasteiger partial charge is 0.508 e. The van der Waals surface area contributed by atoms with E-state index in [0.717, 1.165) is 36.3 Å². The van der Waals surface area contributed by atoms with Crippen LogP contribution in [0.1, 0.15) is 121 Å². The molecule has 3 saturated heterocycles. The average Bonchev–Trinajstić information content (AvgIpc) is 1.53. The number of imidazole rings is 1. The minimum Gasteiger partial charge on any atom is -0.508 e. The fraction of sp³-hybridized carbons (Fsp3) is 0.522. The molecule has 17 amide bonds. The Morgan fingerprint density at radius 2 is 1.14 bits per heavy atom. The fourth-order valence-electron chi connectivity index (χ4n) is 16.5. The molecule has 3 fully saturated rings. The van der Waals surface area contributed by atoms with E-state index in [1.54, 1.807) is 81.7 Å². The SMILES string of the molecule is CCCC[C@H]1C(=O)N(C)[C@@H](COCC)C(=O)N[C@@H](CCCNC(=N)N)C(=O)NC(C(=O)NCC(N)=O)CSCC(=O)N[C@@H](Cc2ccc(O)cc2)C(=O)N(C)[C@@H](C)C(=O)N[C@@H](CC(N)=O)C(=O)N2CCC[C@H]2C(=O)N[C@@H](Cc2cnc[nH]2)C(=O)N[C@@H](CC(C)C)C(=O)N2C[C@H](O)C[C@H]2C(=O)N[C@@H](Cc2c[nH]c3ccccc23)C(=O)N[C@@H](CO)C(=O)N[C@@H](Cc2c[nH]c3ccccc23)C(=O)N1C. The van der Waals surface area contributed by atoms with Gasteiger partial charge in [0, 0.05) is 131 Å². The maximum Gasteiger partial charge on any atom is 0.246 e. The number of benzene rings is 3. The molecule has 0 spiro atoms. The Morgan fingerprint density at radius 3 is 1.74 bits per heavy atom. The van der Waals surface area contributed by atoms with Crippen molar-refractivity contribution >= 4 is 140 Å². The number of aliphatic hydroxyl groups excluding tert-OH is 2. The lowest BCUT2D eigenvalue weighted by Crippen LogP contribution is -2.62. The number of likely N-dealkylation sites (N-methyl/N-ethyl adjacent to an activating group) is 3. The van der Waals surface area contributed by atoms with Crippen molar-refractivity contribution in [3.8, 4) is 5.75 Å². The smallest absolute Gasteiger partial charge is 0.246 e. The van der Waals surface area contributed by atoms with Crippen LogP contribution in [0.3, 0.4) is 0 Å². The summed E-state index contributed by atoms with van der Waals surface area (Å²) in [6, 6.07) is -2.82. The minimum absolute atomic E-state index is 0.00136. The molecular weight excluding hydrogens is 1790 g/mol. The molecule has 3 aromatic carbocycles. The van der Waals surface area contributed by atoms with Gasteiger partial charge in [-0.05, 0) is 99.2 Å². The van der Waals surface area contributed by atoms with Gasteiger partial charge in [-0.25, -0.2) is 4.98 Å². The zero-order valence-corrected chi connectivity index (χ0v) is 78.1. The number of guanidine groups is 1.